The lowest BCUT2D eigenvalue weighted by Crippen LogP contribution is -2.44. The Labute approximate surface area is 143 Å². The Morgan fingerprint density at radius 1 is 1.25 bits per heavy atom. The van der Waals surface area contributed by atoms with Crippen LogP contribution >= 0.6 is 0 Å². The molecule has 132 valence electrons. The van der Waals surface area contributed by atoms with E-state index in [1.54, 1.807) is 0 Å². The molecule has 24 heavy (non-hydrogen) atoms. The zero-order chi connectivity index (χ0) is 17.5. The van der Waals surface area contributed by atoms with Crippen LogP contribution in [0.5, 0.6) is 5.75 Å². The van der Waals surface area contributed by atoms with Crippen molar-refractivity contribution in [2.75, 3.05) is 13.2 Å². The monoisotopic (exact) mass is 333 g/mol. The van der Waals surface area contributed by atoms with E-state index in [-0.39, 0.29) is 18.4 Å². The maximum atomic E-state index is 12.5. The van der Waals surface area contributed by atoms with Crippen molar-refractivity contribution < 1.29 is 19.4 Å². The van der Waals surface area contributed by atoms with Crippen LogP contribution in [0.4, 0.5) is 0 Å². The highest BCUT2D eigenvalue weighted by Crippen LogP contribution is 2.23. The van der Waals surface area contributed by atoms with Crippen LogP contribution < -0.4 is 4.74 Å². The molecule has 1 saturated heterocycles. The summed E-state index contributed by atoms with van der Waals surface area (Å²) in [5, 5.41) is 8.86. The predicted molar refractivity (Wildman–Crippen MR) is 92.2 cm³/mol. The lowest BCUT2D eigenvalue weighted by atomic mass is 9.97. The summed E-state index contributed by atoms with van der Waals surface area (Å²) in [5.41, 5.74) is 2.27. The quantitative estimate of drug-likeness (QED) is 0.831. The van der Waals surface area contributed by atoms with Crippen LogP contribution in [0.1, 0.15) is 49.7 Å². The number of amides is 1. The van der Waals surface area contributed by atoms with Crippen LogP contribution in [0.15, 0.2) is 18.2 Å². The van der Waals surface area contributed by atoms with Crippen molar-refractivity contribution in [1.82, 2.24) is 4.90 Å². The minimum Gasteiger partial charge on any atom is -0.493 e. The van der Waals surface area contributed by atoms with Gasteiger partial charge in [-0.05, 0) is 56.7 Å². The molecule has 2 rings (SSSR count). The number of likely N-dealkylation sites (tertiary alicyclic amines) is 1. The molecule has 0 aromatic heterocycles. The van der Waals surface area contributed by atoms with Crippen LogP contribution in [0.2, 0.25) is 0 Å². The van der Waals surface area contributed by atoms with Crippen LogP contribution in [0.3, 0.4) is 0 Å². The van der Waals surface area contributed by atoms with Crippen molar-refractivity contribution in [3.8, 4) is 5.75 Å². The van der Waals surface area contributed by atoms with Gasteiger partial charge >= 0.3 is 5.97 Å². The summed E-state index contributed by atoms with van der Waals surface area (Å²) in [6, 6.07) is 5.96. The maximum absolute atomic E-state index is 12.5. The molecule has 0 radical (unpaired) electrons. The van der Waals surface area contributed by atoms with Crippen LogP contribution in [0.25, 0.3) is 0 Å². The third kappa shape index (κ3) is 4.98. The minimum atomic E-state index is -0.800. The number of benzene rings is 1. The molecule has 5 nitrogen and oxygen atoms in total. The molecular formula is C19H27NO4. The van der Waals surface area contributed by atoms with E-state index in [0.717, 1.165) is 37.1 Å². The van der Waals surface area contributed by atoms with Gasteiger partial charge in [0.15, 0.2) is 0 Å². The number of nitrogens with zero attached hydrogens (tertiary/aromatic N) is 1. The first-order valence-electron chi connectivity index (χ1n) is 8.69. The molecule has 1 aromatic carbocycles. The Bertz CT molecular complexity index is 585. The number of carboxylic acid groups (broad SMARTS) is 1. The molecule has 1 aliphatic rings. The van der Waals surface area contributed by atoms with Crippen LogP contribution in [-0.2, 0) is 9.59 Å². The molecule has 0 bridgehead atoms. The van der Waals surface area contributed by atoms with Gasteiger partial charge in [-0.25, -0.2) is 0 Å². The number of carboxylic acids is 1. The highest BCUT2D eigenvalue weighted by Gasteiger charge is 2.26. The molecule has 1 aromatic rings. The summed E-state index contributed by atoms with van der Waals surface area (Å²) in [5.74, 6) is 0.0884. The number of aryl methyl sites for hydroxylation is 1. The summed E-state index contributed by atoms with van der Waals surface area (Å²) < 4.78 is 5.77. The molecule has 1 atom stereocenters. The highest BCUT2D eigenvalue weighted by atomic mass is 16.5. The lowest BCUT2D eigenvalue weighted by Gasteiger charge is -2.35. The fourth-order valence-electron chi connectivity index (χ4n) is 3.19. The van der Waals surface area contributed by atoms with Gasteiger partial charge < -0.3 is 14.7 Å². The van der Waals surface area contributed by atoms with E-state index in [1.165, 1.54) is 5.56 Å². The van der Waals surface area contributed by atoms with Gasteiger partial charge in [-0.3, -0.25) is 9.59 Å². The number of aliphatic carboxylic acids is 1. The van der Waals surface area contributed by atoms with E-state index in [9.17, 15) is 9.59 Å². The highest BCUT2D eigenvalue weighted by molar-refractivity contribution is 5.77. The zero-order valence-corrected chi connectivity index (χ0v) is 14.6. The third-order valence-corrected chi connectivity index (χ3v) is 4.77. The number of rotatable bonds is 7. The summed E-state index contributed by atoms with van der Waals surface area (Å²) >= 11 is 0. The normalized spacial score (nSPS) is 17.6. The lowest BCUT2D eigenvalue weighted by molar-refractivity contribution is -0.140. The first kappa shape index (κ1) is 18.3. The Hall–Kier alpha value is -2.04. The summed E-state index contributed by atoms with van der Waals surface area (Å²) in [7, 11) is 0. The van der Waals surface area contributed by atoms with Crippen molar-refractivity contribution in [3.05, 3.63) is 29.3 Å². The summed E-state index contributed by atoms with van der Waals surface area (Å²) in [6.45, 7) is 5.13. The van der Waals surface area contributed by atoms with E-state index in [0.29, 0.717) is 19.4 Å². The van der Waals surface area contributed by atoms with Gasteiger partial charge in [0.2, 0.25) is 5.91 Å². The standard InChI is InChI=1S/C19H27NO4/c1-14-6-5-8-17(15(14)2)24-13-11-18(21)20-12-4-3-7-16(20)9-10-19(22)23/h5-6,8,16H,3-4,7,9-13H2,1-2H3,(H,22,23). The number of piperidine rings is 1. The fourth-order valence-corrected chi connectivity index (χ4v) is 3.19. The minimum absolute atomic E-state index is 0.0584. The van der Waals surface area contributed by atoms with Crippen LogP contribution in [-0.4, -0.2) is 41.1 Å². The van der Waals surface area contributed by atoms with E-state index in [4.69, 9.17) is 9.84 Å². The molecule has 1 fully saturated rings. The predicted octanol–water partition coefficient (Wildman–Crippen LogP) is 3.32. The molecule has 0 spiro atoms. The molecular weight excluding hydrogens is 306 g/mol. The van der Waals surface area contributed by atoms with Crippen molar-refractivity contribution in [1.29, 1.82) is 0 Å². The molecule has 5 heteroatoms. The largest absolute Gasteiger partial charge is 0.493 e. The molecule has 0 aliphatic carbocycles. The smallest absolute Gasteiger partial charge is 0.303 e. The number of carbonyl (C=O) groups is 2. The average Bonchev–Trinajstić information content (AvgIpc) is 2.57. The summed E-state index contributed by atoms with van der Waals surface area (Å²) in [6.07, 6.45) is 3.94. The van der Waals surface area contributed by atoms with Crippen molar-refractivity contribution >= 4 is 11.9 Å². The van der Waals surface area contributed by atoms with Gasteiger partial charge in [0.25, 0.3) is 0 Å². The van der Waals surface area contributed by atoms with Crippen molar-refractivity contribution in [2.45, 2.75) is 58.4 Å². The number of hydrogen-bond acceptors (Lipinski definition) is 3. The van der Waals surface area contributed by atoms with Crippen molar-refractivity contribution in [3.63, 3.8) is 0 Å². The van der Waals surface area contributed by atoms with E-state index in [2.05, 4.69) is 0 Å². The molecule has 0 saturated carbocycles. The molecule has 1 amide bonds. The second-order valence-corrected chi connectivity index (χ2v) is 6.47. The van der Waals surface area contributed by atoms with Crippen LogP contribution in [0, 0.1) is 13.8 Å². The number of ether oxygens (including phenoxy) is 1. The third-order valence-electron chi connectivity index (χ3n) is 4.77. The van der Waals surface area contributed by atoms with Gasteiger partial charge in [-0.15, -0.1) is 0 Å². The Morgan fingerprint density at radius 2 is 2.04 bits per heavy atom. The van der Waals surface area contributed by atoms with Gasteiger partial charge in [-0.1, -0.05) is 12.1 Å². The fraction of sp³-hybridized carbons (Fsp3) is 0.579. The molecule has 1 heterocycles. The van der Waals surface area contributed by atoms with E-state index >= 15 is 0 Å². The maximum Gasteiger partial charge on any atom is 0.303 e. The van der Waals surface area contributed by atoms with Gasteiger partial charge in [0, 0.05) is 19.0 Å². The second-order valence-electron chi connectivity index (χ2n) is 6.47. The number of carbonyl (C=O) groups excluding carboxylic acids is 1. The van der Waals surface area contributed by atoms with E-state index in [1.807, 2.05) is 36.9 Å². The first-order chi connectivity index (χ1) is 11.5. The molecule has 1 N–H and O–H groups in total. The van der Waals surface area contributed by atoms with E-state index < -0.39 is 5.97 Å². The second kappa shape index (κ2) is 8.71. The Kier molecular flexibility index (Phi) is 6.64. The first-order valence-corrected chi connectivity index (χ1v) is 8.69. The topological polar surface area (TPSA) is 66.8 Å². The van der Waals surface area contributed by atoms with Gasteiger partial charge in [-0.2, -0.15) is 0 Å². The molecule has 1 unspecified atom stereocenters. The zero-order valence-electron chi connectivity index (χ0n) is 14.6. The SMILES string of the molecule is Cc1cccc(OCCC(=O)N2CCCCC2CCC(=O)O)c1C. The molecule has 1 aliphatic heterocycles. The number of hydrogen-bond donors (Lipinski definition) is 1. The average molecular weight is 333 g/mol. The Balaban J connectivity index is 1.85. The Morgan fingerprint density at radius 3 is 2.79 bits per heavy atom. The summed E-state index contributed by atoms with van der Waals surface area (Å²) in [4.78, 5) is 25.1. The van der Waals surface area contributed by atoms with Gasteiger partial charge in [0.05, 0.1) is 13.0 Å². The van der Waals surface area contributed by atoms with Gasteiger partial charge in [0.1, 0.15) is 5.75 Å². The van der Waals surface area contributed by atoms with Crippen molar-refractivity contribution in [2.24, 2.45) is 0 Å².